The lowest BCUT2D eigenvalue weighted by Crippen LogP contribution is -2.29. The van der Waals surface area contributed by atoms with Crippen LogP contribution in [0, 0.1) is 0 Å². The molecule has 0 saturated carbocycles. The van der Waals surface area contributed by atoms with Crippen molar-refractivity contribution in [2.24, 2.45) is 0 Å². The molecule has 1 amide bonds. The maximum atomic E-state index is 12.1. The van der Waals surface area contributed by atoms with Gasteiger partial charge in [0.1, 0.15) is 18.1 Å². The second kappa shape index (κ2) is 14.8. The Hall–Kier alpha value is -5.45. The van der Waals surface area contributed by atoms with Crippen molar-refractivity contribution >= 4 is 23.5 Å². The van der Waals surface area contributed by atoms with Crippen LogP contribution in [0.4, 0.5) is 4.79 Å². The summed E-state index contributed by atoms with van der Waals surface area (Å²) in [6.45, 7) is 1.34. The average molecular weight is 608 g/mol. The van der Waals surface area contributed by atoms with Crippen LogP contribution < -0.4 is 20.9 Å². The summed E-state index contributed by atoms with van der Waals surface area (Å²) >= 11 is 0. The number of H-pyrrole nitrogens is 1. The second-order valence-corrected chi connectivity index (χ2v) is 10.4. The zero-order chi connectivity index (χ0) is 31.6. The number of carbonyl (C=O) groups is 2. The monoisotopic (exact) mass is 607 g/mol. The van der Waals surface area contributed by atoms with Crippen LogP contribution in [-0.2, 0) is 22.6 Å². The Morgan fingerprint density at radius 1 is 0.889 bits per heavy atom. The number of hydrogen-bond acceptors (Lipinski definition) is 8. The number of aromatic nitrogens is 1. The molecular formula is C35H33N3O7. The normalized spacial score (nSPS) is 12.3. The highest BCUT2D eigenvalue weighted by Gasteiger charge is 2.18. The number of nitrogens with one attached hydrogen (secondary N) is 3. The summed E-state index contributed by atoms with van der Waals surface area (Å²) < 4.78 is 10.5. The number of aliphatic hydroxyl groups excluding tert-OH is 1. The summed E-state index contributed by atoms with van der Waals surface area (Å²) in [4.78, 5) is 37.0. The second-order valence-electron chi connectivity index (χ2n) is 10.4. The van der Waals surface area contributed by atoms with Gasteiger partial charge in [0.25, 0.3) is 0 Å². The number of pyridine rings is 1. The van der Waals surface area contributed by atoms with Gasteiger partial charge in [0, 0.05) is 18.0 Å². The van der Waals surface area contributed by atoms with Gasteiger partial charge >= 0.3 is 12.6 Å². The molecule has 0 fully saturated rings. The van der Waals surface area contributed by atoms with E-state index in [1.165, 1.54) is 12.1 Å². The van der Waals surface area contributed by atoms with Crippen molar-refractivity contribution in [1.29, 1.82) is 0 Å². The third-order valence-electron chi connectivity index (χ3n) is 7.33. The number of rotatable bonds is 13. The molecular weight excluding hydrogens is 574 g/mol. The highest BCUT2D eigenvalue weighted by Crippen LogP contribution is 2.29. The lowest BCUT2D eigenvalue weighted by Gasteiger charge is -2.19. The molecule has 230 valence electrons. The molecule has 0 radical (unpaired) electrons. The van der Waals surface area contributed by atoms with E-state index in [1.54, 1.807) is 12.1 Å². The Kier molecular flexibility index (Phi) is 10.2. The van der Waals surface area contributed by atoms with E-state index in [2.05, 4.69) is 26.4 Å². The molecule has 0 spiro atoms. The van der Waals surface area contributed by atoms with Gasteiger partial charge < -0.3 is 35.3 Å². The fourth-order valence-corrected chi connectivity index (χ4v) is 5.16. The largest absolute Gasteiger partial charge is 0.506 e. The number of carbonyl (C=O) groups excluding carboxylic acids is 2. The smallest absolute Gasteiger partial charge is 0.415 e. The van der Waals surface area contributed by atoms with Crippen molar-refractivity contribution in [2.75, 3.05) is 13.1 Å². The third kappa shape index (κ3) is 8.14. The number of hydrogen-bond donors (Lipinski definition) is 5. The first kappa shape index (κ1) is 31.0. The number of amides is 1. The van der Waals surface area contributed by atoms with E-state index in [0.717, 1.165) is 28.7 Å². The Bertz CT molecular complexity index is 1820. The van der Waals surface area contributed by atoms with Crippen molar-refractivity contribution in [3.63, 3.8) is 0 Å². The number of phenolic OH excluding ortho intramolecular Hbond substituents is 1. The number of alkyl carbamates (subject to hydrolysis) is 1. The third-order valence-corrected chi connectivity index (χ3v) is 7.33. The van der Waals surface area contributed by atoms with Crippen LogP contribution >= 0.6 is 0 Å². The van der Waals surface area contributed by atoms with Gasteiger partial charge in [-0.05, 0) is 65.0 Å². The zero-order valence-electron chi connectivity index (χ0n) is 24.3. The maximum absolute atomic E-state index is 12.1. The van der Waals surface area contributed by atoms with Gasteiger partial charge in [0.15, 0.2) is 0 Å². The average Bonchev–Trinajstić information content (AvgIpc) is 3.06. The molecule has 0 aliphatic rings. The summed E-state index contributed by atoms with van der Waals surface area (Å²) in [6.07, 6.45) is -0.958. The summed E-state index contributed by atoms with van der Waals surface area (Å²) in [5.41, 5.74) is 4.25. The minimum absolute atomic E-state index is 0.0470. The molecule has 0 saturated heterocycles. The minimum atomic E-state index is -0.850. The highest BCUT2D eigenvalue weighted by atomic mass is 16.6. The number of ether oxygens (including phenoxy) is 2. The molecule has 0 aliphatic heterocycles. The molecule has 5 rings (SSSR count). The first-order chi connectivity index (χ1) is 21.9. The molecule has 0 aliphatic carbocycles. The molecule has 5 N–H and O–H groups in total. The topological polar surface area (TPSA) is 150 Å². The van der Waals surface area contributed by atoms with Crippen LogP contribution in [0.2, 0.25) is 0 Å². The highest BCUT2D eigenvalue weighted by molar-refractivity contribution is 5.87. The predicted octanol–water partition coefficient (Wildman–Crippen LogP) is 4.65. The SMILES string of the molecule is O=COC(=O)NC(c1ccccc1)c1cccc(OCc2cccc(CCNC[C@@H](O)c3ccc(O)c4[nH]c(=O)ccc34)c2)c1. The molecule has 4 aromatic carbocycles. The van der Waals surface area contributed by atoms with Crippen molar-refractivity contribution in [3.8, 4) is 11.5 Å². The molecule has 45 heavy (non-hydrogen) atoms. The molecule has 1 aromatic heterocycles. The van der Waals surface area contributed by atoms with E-state index in [9.17, 15) is 24.6 Å². The maximum Gasteiger partial charge on any atom is 0.415 e. The van der Waals surface area contributed by atoms with Gasteiger partial charge in [-0.15, -0.1) is 0 Å². The minimum Gasteiger partial charge on any atom is -0.506 e. The van der Waals surface area contributed by atoms with Crippen LogP contribution in [0.5, 0.6) is 11.5 Å². The first-order valence-corrected chi connectivity index (χ1v) is 14.4. The first-order valence-electron chi connectivity index (χ1n) is 14.4. The Balaban J connectivity index is 1.16. The number of benzene rings is 4. The number of phenols is 1. The van der Waals surface area contributed by atoms with Gasteiger partial charge in [-0.3, -0.25) is 9.59 Å². The lowest BCUT2D eigenvalue weighted by atomic mass is 9.98. The molecule has 5 aromatic rings. The van der Waals surface area contributed by atoms with E-state index >= 15 is 0 Å². The van der Waals surface area contributed by atoms with Gasteiger partial charge in [0.2, 0.25) is 5.56 Å². The van der Waals surface area contributed by atoms with Crippen LogP contribution in [0.3, 0.4) is 0 Å². The predicted molar refractivity (Wildman–Crippen MR) is 169 cm³/mol. The standard InChI is InChI=1S/C35H33N3O7/c39-22-45-35(43)38-33(25-8-2-1-3-9-25)26-10-5-11-27(19-26)44-21-24-7-4-6-23(18-24)16-17-36-20-31(41)28-12-14-30(40)34-29(28)13-15-32(42)37-34/h1-15,18-19,22,31,33,36,40-41H,16-17,20-21H2,(H,37,42)(H,38,43)/t31-,33?/m1/s1. The summed E-state index contributed by atoms with van der Waals surface area (Å²) in [6, 6.07) is 30.3. The van der Waals surface area contributed by atoms with Crippen LogP contribution in [0.25, 0.3) is 10.9 Å². The van der Waals surface area contributed by atoms with E-state index in [1.807, 2.05) is 72.8 Å². The fourth-order valence-electron chi connectivity index (χ4n) is 5.16. The summed E-state index contributed by atoms with van der Waals surface area (Å²) in [5, 5.41) is 27.5. The van der Waals surface area contributed by atoms with Crippen molar-refractivity contribution in [2.45, 2.75) is 25.2 Å². The van der Waals surface area contributed by atoms with E-state index in [-0.39, 0.29) is 17.8 Å². The molecule has 1 unspecified atom stereocenters. The van der Waals surface area contributed by atoms with Crippen LogP contribution in [0.15, 0.2) is 108 Å². The molecule has 10 heteroatoms. The van der Waals surface area contributed by atoms with E-state index < -0.39 is 18.2 Å². The number of aliphatic hydroxyl groups is 1. The zero-order valence-corrected chi connectivity index (χ0v) is 24.3. The van der Waals surface area contributed by atoms with Gasteiger partial charge in [-0.1, -0.05) is 72.8 Å². The molecule has 0 bridgehead atoms. The molecule has 2 atom stereocenters. The fraction of sp³-hybridized carbons (Fsp3) is 0.171. The van der Waals surface area contributed by atoms with Gasteiger partial charge in [0.05, 0.1) is 17.7 Å². The summed E-state index contributed by atoms with van der Waals surface area (Å²) in [7, 11) is 0. The quantitative estimate of drug-likeness (QED) is 0.0738. The van der Waals surface area contributed by atoms with Crippen LogP contribution in [0.1, 0.15) is 40.0 Å². The summed E-state index contributed by atoms with van der Waals surface area (Å²) in [5.74, 6) is 0.570. The van der Waals surface area contributed by atoms with Crippen molar-refractivity contribution in [3.05, 3.63) is 141 Å². The molecule has 10 nitrogen and oxygen atoms in total. The number of fused-ring (bicyclic) bond motifs is 1. The Morgan fingerprint density at radius 2 is 1.67 bits per heavy atom. The van der Waals surface area contributed by atoms with Gasteiger partial charge in [-0.2, -0.15) is 0 Å². The van der Waals surface area contributed by atoms with Crippen LogP contribution in [-0.4, -0.2) is 40.9 Å². The van der Waals surface area contributed by atoms with E-state index in [0.29, 0.717) is 41.9 Å². The number of aromatic hydroxyl groups is 1. The number of aromatic amines is 1. The van der Waals surface area contributed by atoms with Crippen molar-refractivity contribution in [1.82, 2.24) is 15.6 Å². The van der Waals surface area contributed by atoms with Gasteiger partial charge in [-0.25, -0.2) is 4.79 Å². The van der Waals surface area contributed by atoms with Crippen molar-refractivity contribution < 1.29 is 29.3 Å². The molecule has 1 heterocycles. The lowest BCUT2D eigenvalue weighted by molar-refractivity contribution is -0.123. The van der Waals surface area contributed by atoms with E-state index in [4.69, 9.17) is 4.74 Å². The Morgan fingerprint density at radius 3 is 2.49 bits per heavy atom. The Labute approximate surface area is 259 Å².